The summed E-state index contributed by atoms with van der Waals surface area (Å²) < 4.78 is 1.66. The van der Waals surface area contributed by atoms with E-state index in [0.717, 1.165) is 25.7 Å². The lowest BCUT2D eigenvalue weighted by Crippen LogP contribution is -2.64. The molecule has 182 valence electrons. The van der Waals surface area contributed by atoms with E-state index in [1.165, 1.54) is 24.7 Å². The van der Waals surface area contributed by atoms with Crippen molar-refractivity contribution in [2.24, 2.45) is 5.92 Å². The molecule has 3 rings (SSSR count). The Morgan fingerprint density at radius 3 is 2.67 bits per heavy atom. The van der Waals surface area contributed by atoms with E-state index in [4.69, 9.17) is 0 Å². The monoisotopic (exact) mass is 457 g/mol. The van der Waals surface area contributed by atoms with Gasteiger partial charge in [0, 0.05) is 19.6 Å². The van der Waals surface area contributed by atoms with Gasteiger partial charge in [-0.05, 0) is 57.8 Å². The van der Waals surface area contributed by atoms with E-state index in [1.54, 1.807) is 16.4 Å². The van der Waals surface area contributed by atoms with Crippen LogP contribution in [0.5, 0.6) is 0 Å². The Hall–Kier alpha value is -2.64. The topological polar surface area (TPSA) is 96.3 Å². The largest absolute Gasteiger partial charge is 0.354 e. The molecule has 0 spiro atoms. The predicted molar refractivity (Wildman–Crippen MR) is 128 cm³/mol. The second-order valence-corrected chi connectivity index (χ2v) is 9.85. The number of nitrogens with zero attached hydrogens (tertiary/aromatic N) is 3. The maximum Gasteiger partial charge on any atom is 0.273 e. The number of allylic oxidation sites excluding steroid dienone is 1. The zero-order chi connectivity index (χ0) is 24.0. The van der Waals surface area contributed by atoms with Crippen molar-refractivity contribution in [2.45, 2.75) is 84.7 Å². The standard InChI is InChI=1S/C25H39N5O3/c1-5-15-30-23(32)21-20(22(31)26-14-12-19-9-7-6-8-10-19)28-17-29(21)16-25(30,4)24(33)27-13-11-18(2)3/h9,17-18H,5-8,10-16H2,1-4H3,(H,26,31)(H,27,33). The fourth-order valence-corrected chi connectivity index (χ4v) is 4.64. The van der Waals surface area contributed by atoms with Crippen molar-refractivity contribution < 1.29 is 14.4 Å². The summed E-state index contributed by atoms with van der Waals surface area (Å²) >= 11 is 0. The summed E-state index contributed by atoms with van der Waals surface area (Å²) in [7, 11) is 0. The number of imidazole rings is 1. The van der Waals surface area contributed by atoms with Crippen LogP contribution in [-0.2, 0) is 11.3 Å². The van der Waals surface area contributed by atoms with Gasteiger partial charge in [-0.1, -0.05) is 32.4 Å². The Morgan fingerprint density at radius 2 is 2.00 bits per heavy atom. The van der Waals surface area contributed by atoms with Crippen molar-refractivity contribution in [1.82, 2.24) is 25.1 Å². The first-order valence-corrected chi connectivity index (χ1v) is 12.4. The lowest BCUT2D eigenvalue weighted by atomic mass is 9.93. The van der Waals surface area contributed by atoms with Crippen molar-refractivity contribution in [2.75, 3.05) is 19.6 Å². The second kappa shape index (κ2) is 11.0. The molecule has 0 radical (unpaired) electrons. The van der Waals surface area contributed by atoms with Gasteiger partial charge in [-0.25, -0.2) is 4.98 Å². The van der Waals surface area contributed by atoms with E-state index >= 15 is 0 Å². The van der Waals surface area contributed by atoms with Crippen molar-refractivity contribution >= 4 is 17.7 Å². The summed E-state index contributed by atoms with van der Waals surface area (Å²) in [4.78, 5) is 45.4. The molecule has 1 aromatic heterocycles. The highest BCUT2D eigenvalue weighted by Crippen LogP contribution is 2.29. The number of fused-ring (bicyclic) bond motifs is 1. The molecule has 2 heterocycles. The number of hydrogen-bond donors (Lipinski definition) is 2. The van der Waals surface area contributed by atoms with Gasteiger partial charge in [0.1, 0.15) is 11.2 Å². The highest BCUT2D eigenvalue weighted by molar-refractivity contribution is 6.07. The Balaban J connectivity index is 1.74. The molecule has 1 aromatic rings. The maximum absolute atomic E-state index is 13.5. The van der Waals surface area contributed by atoms with Crippen molar-refractivity contribution in [3.8, 4) is 0 Å². The molecule has 0 fully saturated rings. The molecule has 1 atom stereocenters. The van der Waals surface area contributed by atoms with Crippen LogP contribution in [0.25, 0.3) is 0 Å². The van der Waals surface area contributed by atoms with Crippen LogP contribution in [0.4, 0.5) is 0 Å². The molecule has 1 unspecified atom stereocenters. The molecular formula is C25H39N5O3. The summed E-state index contributed by atoms with van der Waals surface area (Å²) in [6.45, 7) is 9.80. The average Bonchev–Trinajstić information content (AvgIpc) is 3.20. The molecule has 33 heavy (non-hydrogen) atoms. The summed E-state index contributed by atoms with van der Waals surface area (Å²) in [5.41, 5.74) is 0.767. The zero-order valence-corrected chi connectivity index (χ0v) is 20.6. The van der Waals surface area contributed by atoms with E-state index in [1.807, 2.05) is 6.92 Å². The second-order valence-electron chi connectivity index (χ2n) is 9.85. The van der Waals surface area contributed by atoms with Gasteiger partial charge >= 0.3 is 0 Å². The molecule has 2 N–H and O–H groups in total. The third-order valence-electron chi connectivity index (χ3n) is 6.63. The van der Waals surface area contributed by atoms with Crippen LogP contribution in [0.2, 0.25) is 0 Å². The minimum absolute atomic E-state index is 0.140. The van der Waals surface area contributed by atoms with Crippen LogP contribution in [0, 0.1) is 5.92 Å². The van der Waals surface area contributed by atoms with Crippen LogP contribution in [-0.4, -0.2) is 57.3 Å². The third kappa shape index (κ3) is 5.65. The molecule has 1 aliphatic carbocycles. The van der Waals surface area contributed by atoms with E-state index in [-0.39, 0.29) is 35.7 Å². The summed E-state index contributed by atoms with van der Waals surface area (Å²) in [6, 6.07) is 0. The first-order chi connectivity index (χ1) is 15.8. The van der Waals surface area contributed by atoms with Crippen LogP contribution >= 0.6 is 0 Å². The van der Waals surface area contributed by atoms with Crippen LogP contribution in [0.3, 0.4) is 0 Å². The smallest absolute Gasteiger partial charge is 0.273 e. The average molecular weight is 458 g/mol. The number of nitrogens with one attached hydrogen (secondary N) is 2. The Labute approximate surface area is 197 Å². The molecule has 8 heteroatoms. The van der Waals surface area contributed by atoms with Crippen molar-refractivity contribution in [3.05, 3.63) is 29.4 Å². The number of carbonyl (C=O) groups is 3. The summed E-state index contributed by atoms with van der Waals surface area (Å²) in [6.07, 6.45) is 10.9. The fourth-order valence-electron chi connectivity index (χ4n) is 4.64. The SMILES string of the molecule is CCCN1C(=O)c2c(C(=O)NCCC3=CCCCC3)ncn2CC1(C)C(=O)NCCC(C)C. The number of hydrogen-bond acceptors (Lipinski definition) is 4. The van der Waals surface area contributed by atoms with Gasteiger partial charge in [-0.3, -0.25) is 14.4 Å². The van der Waals surface area contributed by atoms with Crippen molar-refractivity contribution in [1.29, 1.82) is 0 Å². The van der Waals surface area contributed by atoms with Gasteiger partial charge < -0.3 is 20.1 Å². The number of rotatable bonds is 10. The molecular weight excluding hydrogens is 418 g/mol. The first kappa shape index (κ1) is 25.0. The van der Waals surface area contributed by atoms with E-state index in [0.29, 0.717) is 32.0 Å². The predicted octanol–water partition coefficient (Wildman–Crippen LogP) is 3.29. The van der Waals surface area contributed by atoms with Gasteiger partial charge in [0.2, 0.25) is 5.91 Å². The molecule has 0 aromatic carbocycles. The van der Waals surface area contributed by atoms with Gasteiger partial charge in [0.25, 0.3) is 11.8 Å². The molecule has 2 aliphatic rings. The van der Waals surface area contributed by atoms with Gasteiger partial charge in [-0.15, -0.1) is 0 Å². The molecule has 0 saturated heterocycles. The molecule has 8 nitrogen and oxygen atoms in total. The molecule has 1 aliphatic heterocycles. The quantitative estimate of drug-likeness (QED) is 0.527. The lowest BCUT2D eigenvalue weighted by Gasteiger charge is -2.43. The van der Waals surface area contributed by atoms with Crippen molar-refractivity contribution in [3.63, 3.8) is 0 Å². The zero-order valence-electron chi connectivity index (χ0n) is 20.6. The highest BCUT2D eigenvalue weighted by Gasteiger charge is 2.48. The van der Waals surface area contributed by atoms with Gasteiger partial charge in [-0.2, -0.15) is 0 Å². The van der Waals surface area contributed by atoms with Crippen LogP contribution in [0.1, 0.15) is 93.6 Å². The molecule has 0 saturated carbocycles. The number of aromatic nitrogens is 2. The Bertz CT molecular complexity index is 904. The maximum atomic E-state index is 13.5. The summed E-state index contributed by atoms with van der Waals surface area (Å²) in [5.74, 6) is -0.346. The summed E-state index contributed by atoms with van der Waals surface area (Å²) in [5, 5.41) is 5.93. The van der Waals surface area contributed by atoms with Gasteiger partial charge in [0.05, 0.1) is 12.9 Å². The minimum Gasteiger partial charge on any atom is -0.354 e. The number of carbonyl (C=O) groups excluding carboxylic acids is 3. The first-order valence-electron chi connectivity index (χ1n) is 12.4. The van der Waals surface area contributed by atoms with E-state index in [9.17, 15) is 14.4 Å². The lowest BCUT2D eigenvalue weighted by molar-refractivity contribution is -0.132. The van der Waals surface area contributed by atoms with Gasteiger partial charge in [0.15, 0.2) is 5.69 Å². The molecule has 0 bridgehead atoms. The van der Waals surface area contributed by atoms with E-state index < -0.39 is 5.54 Å². The normalized spacial score (nSPS) is 20.5. The Kier molecular flexibility index (Phi) is 8.32. The highest BCUT2D eigenvalue weighted by atomic mass is 16.2. The minimum atomic E-state index is -1.03. The third-order valence-corrected chi connectivity index (χ3v) is 6.63. The fraction of sp³-hybridized carbons (Fsp3) is 0.680. The van der Waals surface area contributed by atoms with Crippen LogP contribution < -0.4 is 10.6 Å². The number of amides is 3. The molecule has 3 amide bonds. The van der Waals surface area contributed by atoms with Crippen LogP contribution in [0.15, 0.2) is 18.0 Å². The Morgan fingerprint density at radius 1 is 1.21 bits per heavy atom. The van der Waals surface area contributed by atoms with E-state index in [2.05, 4.69) is 35.5 Å².